The molecule has 2 aromatic rings. The van der Waals surface area contributed by atoms with Gasteiger partial charge in [0.2, 0.25) is 11.8 Å². The van der Waals surface area contributed by atoms with Crippen molar-refractivity contribution in [3.8, 4) is 0 Å². The van der Waals surface area contributed by atoms with Crippen LogP contribution in [0.4, 0.5) is 5.69 Å². The van der Waals surface area contributed by atoms with Crippen molar-refractivity contribution in [1.29, 1.82) is 0 Å². The van der Waals surface area contributed by atoms with Crippen molar-refractivity contribution in [1.82, 2.24) is 9.62 Å². The van der Waals surface area contributed by atoms with E-state index in [0.717, 1.165) is 24.2 Å². The Kier molecular flexibility index (Phi) is 6.21. The van der Waals surface area contributed by atoms with Crippen molar-refractivity contribution in [2.75, 3.05) is 24.5 Å². The predicted molar refractivity (Wildman–Crippen MR) is 116 cm³/mol. The first-order chi connectivity index (χ1) is 14.4. The molecule has 2 aliphatic heterocycles. The van der Waals surface area contributed by atoms with E-state index in [4.69, 9.17) is 0 Å². The maximum Gasteiger partial charge on any atom is 0.252 e. The number of rotatable bonds is 6. The molecular formula is C21H25N3O4S2. The second-order valence-corrected chi connectivity index (χ2v) is 10.8. The zero-order chi connectivity index (χ0) is 21.1. The molecule has 2 amide bonds. The Hall–Kier alpha value is -2.23. The van der Waals surface area contributed by atoms with Gasteiger partial charge < -0.3 is 10.2 Å². The first kappa shape index (κ1) is 21.0. The number of benzene rings is 1. The number of piperidine rings is 1. The maximum absolute atomic E-state index is 12.6. The number of carbonyl (C=O) groups is 2. The molecule has 0 saturated carbocycles. The normalized spacial score (nSPS) is 18.7. The van der Waals surface area contributed by atoms with E-state index < -0.39 is 10.0 Å². The number of anilines is 1. The third-order valence-electron chi connectivity index (χ3n) is 5.70. The summed E-state index contributed by atoms with van der Waals surface area (Å²) in [7, 11) is -3.45. The third-order valence-corrected chi connectivity index (χ3v) is 8.97. The lowest BCUT2D eigenvalue weighted by Crippen LogP contribution is -2.42. The largest absolute Gasteiger partial charge is 0.352 e. The van der Waals surface area contributed by atoms with E-state index in [1.165, 1.54) is 15.6 Å². The predicted octanol–water partition coefficient (Wildman–Crippen LogP) is 2.59. The quantitative estimate of drug-likeness (QED) is 0.737. The van der Waals surface area contributed by atoms with Crippen LogP contribution in [0.25, 0.3) is 0 Å². The van der Waals surface area contributed by atoms with Gasteiger partial charge in [-0.1, -0.05) is 18.2 Å². The molecule has 0 aliphatic carbocycles. The number of nitrogens with zero attached hydrogens (tertiary/aromatic N) is 2. The van der Waals surface area contributed by atoms with Gasteiger partial charge in [-0.2, -0.15) is 4.31 Å². The molecule has 7 nitrogen and oxygen atoms in total. The summed E-state index contributed by atoms with van der Waals surface area (Å²) in [5.74, 6) is -0.0632. The summed E-state index contributed by atoms with van der Waals surface area (Å²) in [6.07, 6.45) is 2.54. The van der Waals surface area contributed by atoms with Crippen molar-refractivity contribution >= 4 is 38.9 Å². The second-order valence-electron chi connectivity index (χ2n) is 7.64. The highest BCUT2D eigenvalue weighted by atomic mass is 32.2. The third kappa shape index (κ3) is 4.43. The highest BCUT2D eigenvalue weighted by molar-refractivity contribution is 7.91. The molecule has 1 aromatic carbocycles. The summed E-state index contributed by atoms with van der Waals surface area (Å²) in [5, 5.41) is 4.71. The summed E-state index contributed by atoms with van der Waals surface area (Å²) in [6.45, 7) is 1.89. The zero-order valence-electron chi connectivity index (χ0n) is 16.6. The number of thiophene rings is 1. The number of amides is 2. The van der Waals surface area contributed by atoms with E-state index in [-0.39, 0.29) is 17.7 Å². The van der Waals surface area contributed by atoms with Gasteiger partial charge in [-0.15, -0.1) is 11.3 Å². The average Bonchev–Trinajstić information content (AvgIpc) is 3.45. The molecule has 2 fully saturated rings. The number of hydrogen-bond donors (Lipinski definition) is 1. The van der Waals surface area contributed by atoms with Crippen LogP contribution in [0.1, 0.15) is 31.2 Å². The Morgan fingerprint density at radius 2 is 1.83 bits per heavy atom. The fourth-order valence-corrected chi connectivity index (χ4v) is 6.56. The van der Waals surface area contributed by atoms with Crippen LogP contribution in [-0.4, -0.2) is 44.2 Å². The lowest BCUT2D eigenvalue weighted by molar-refractivity contribution is -0.126. The van der Waals surface area contributed by atoms with Crippen LogP contribution < -0.4 is 10.2 Å². The van der Waals surface area contributed by atoms with Crippen LogP contribution in [-0.2, 0) is 26.2 Å². The van der Waals surface area contributed by atoms with Crippen molar-refractivity contribution in [2.24, 2.45) is 5.92 Å². The van der Waals surface area contributed by atoms with E-state index in [0.29, 0.717) is 43.1 Å². The van der Waals surface area contributed by atoms with Gasteiger partial charge in [-0.3, -0.25) is 9.59 Å². The highest BCUT2D eigenvalue weighted by Gasteiger charge is 2.32. The van der Waals surface area contributed by atoms with Gasteiger partial charge in [0, 0.05) is 44.2 Å². The smallest absolute Gasteiger partial charge is 0.252 e. The maximum atomic E-state index is 12.6. The van der Waals surface area contributed by atoms with Gasteiger partial charge in [0.05, 0.1) is 0 Å². The van der Waals surface area contributed by atoms with E-state index in [1.54, 1.807) is 22.4 Å². The van der Waals surface area contributed by atoms with E-state index >= 15 is 0 Å². The molecular weight excluding hydrogens is 422 g/mol. The molecule has 0 unspecified atom stereocenters. The van der Waals surface area contributed by atoms with E-state index in [2.05, 4.69) is 5.32 Å². The lowest BCUT2D eigenvalue weighted by Gasteiger charge is -2.30. The number of nitrogens with one attached hydrogen (secondary N) is 1. The molecule has 2 saturated heterocycles. The summed E-state index contributed by atoms with van der Waals surface area (Å²) < 4.78 is 27.0. The lowest BCUT2D eigenvalue weighted by atomic mass is 9.97. The fourth-order valence-electron chi connectivity index (χ4n) is 3.94. The zero-order valence-corrected chi connectivity index (χ0v) is 18.3. The molecule has 160 valence electrons. The van der Waals surface area contributed by atoms with Gasteiger partial charge in [-0.05, 0) is 48.4 Å². The van der Waals surface area contributed by atoms with Gasteiger partial charge >= 0.3 is 0 Å². The van der Waals surface area contributed by atoms with Gasteiger partial charge in [0.15, 0.2) is 0 Å². The van der Waals surface area contributed by atoms with Crippen molar-refractivity contribution in [2.45, 2.75) is 36.4 Å². The molecule has 2 aliphatic rings. The Morgan fingerprint density at radius 3 is 2.43 bits per heavy atom. The average molecular weight is 448 g/mol. The Balaban J connectivity index is 1.27. The van der Waals surface area contributed by atoms with Crippen LogP contribution >= 0.6 is 11.3 Å². The van der Waals surface area contributed by atoms with Crippen molar-refractivity contribution in [3.63, 3.8) is 0 Å². The van der Waals surface area contributed by atoms with Gasteiger partial charge in [-0.25, -0.2) is 8.42 Å². The van der Waals surface area contributed by atoms with Gasteiger partial charge in [0.1, 0.15) is 4.21 Å². The molecule has 9 heteroatoms. The SMILES string of the molecule is O=C(NCc1ccc(N2CCCC2=O)cc1)C1CCN(S(=O)(=O)c2cccs2)CC1. The summed E-state index contributed by atoms with van der Waals surface area (Å²) >= 11 is 1.21. The Labute approximate surface area is 180 Å². The molecule has 1 aromatic heterocycles. The van der Waals surface area contributed by atoms with Crippen LogP contribution in [0.15, 0.2) is 46.0 Å². The molecule has 0 atom stereocenters. The fraction of sp³-hybridized carbons (Fsp3) is 0.429. The minimum absolute atomic E-state index is 0.0398. The first-order valence-corrected chi connectivity index (χ1v) is 12.5. The first-order valence-electron chi connectivity index (χ1n) is 10.2. The van der Waals surface area contributed by atoms with Crippen LogP contribution in [0, 0.1) is 5.92 Å². The minimum atomic E-state index is -3.45. The number of hydrogen-bond acceptors (Lipinski definition) is 5. The van der Waals surface area contributed by atoms with Crippen LogP contribution in [0.5, 0.6) is 0 Å². The Morgan fingerprint density at radius 1 is 1.10 bits per heavy atom. The summed E-state index contributed by atoms with van der Waals surface area (Å²) in [6, 6.07) is 11.0. The topological polar surface area (TPSA) is 86.8 Å². The standard InChI is InChI=1S/C21H25N3O4S2/c25-19-3-1-11-24(19)18-7-5-16(6-8-18)15-22-21(26)17-9-12-23(13-10-17)30(27,28)20-4-2-14-29-20/h2,4-8,14,17H,1,3,9-13,15H2,(H,22,26). The molecule has 0 bridgehead atoms. The van der Waals surface area contributed by atoms with Crippen LogP contribution in [0.2, 0.25) is 0 Å². The minimum Gasteiger partial charge on any atom is -0.352 e. The van der Waals surface area contributed by atoms with E-state index in [9.17, 15) is 18.0 Å². The van der Waals surface area contributed by atoms with E-state index in [1.807, 2.05) is 24.3 Å². The molecule has 0 radical (unpaired) electrons. The van der Waals surface area contributed by atoms with Crippen molar-refractivity contribution in [3.05, 3.63) is 47.3 Å². The summed E-state index contributed by atoms with van der Waals surface area (Å²) in [5.41, 5.74) is 1.86. The highest BCUT2D eigenvalue weighted by Crippen LogP contribution is 2.26. The number of sulfonamides is 1. The molecule has 1 N–H and O–H groups in total. The second kappa shape index (κ2) is 8.87. The van der Waals surface area contributed by atoms with Crippen molar-refractivity contribution < 1.29 is 18.0 Å². The Bertz CT molecular complexity index is 995. The number of carbonyl (C=O) groups excluding carboxylic acids is 2. The summed E-state index contributed by atoms with van der Waals surface area (Å²) in [4.78, 5) is 26.2. The molecule has 4 rings (SSSR count). The molecule has 30 heavy (non-hydrogen) atoms. The van der Waals surface area contributed by atoms with Crippen LogP contribution in [0.3, 0.4) is 0 Å². The molecule has 3 heterocycles. The molecule has 0 spiro atoms. The monoisotopic (exact) mass is 447 g/mol. The van der Waals surface area contributed by atoms with Gasteiger partial charge in [0.25, 0.3) is 10.0 Å².